The molecule has 0 aliphatic carbocycles. The molecule has 3 rings (SSSR count). The molecule has 6 nitrogen and oxygen atoms in total. The minimum atomic E-state index is -3.74. The minimum Gasteiger partial charge on any atom is -0.332 e. The van der Waals surface area contributed by atoms with E-state index in [0.29, 0.717) is 22.0 Å². The van der Waals surface area contributed by atoms with Gasteiger partial charge in [0.15, 0.2) is 5.11 Å². The largest absolute Gasteiger partial charge is 0.332 e. The maximum Gasteiger partial charge on any atom is 0.261 e. The van der Waals surface area contributed by atoms with Gasteiger partial charge < -0.3 is 5.32 Å². The van der Waals surface area contributed by atoms with Crippen LogP contribution in [0.25, 0.3) is 0 Å². The summed E-state index contributed by atoms with van der Waals surface area (Å²) in [5, 5.41) is 6.03. The molecule has 0 saturated heterocycles. The Bertz CT molecular complexity index is 1230. The average molecular weight is 474 g/mol. The van der Waals surface area contributed by atoms with Gasteiger partial charge in [-0.1, -0.05) is 17.7 Å². The third-order valence-corrected chi connectivity index (χ3v) is 6.37. The van der Waals surface area contributed by atoms with E-state index < -0.39 is 10.0 Å². The van der Waals surface area contributed by atoms with Crippen molar-refractivity contribution in [3.63, 3.8) is 0 Å². The molecule has 9 heteroatoms. The molecule has 0 heterocycles. The van der Waals surface area contributed by atoms with Gasteiger partial charge in [-0.05, 0) is 97.9 Å². The van der Waals surface area contributed by atoms with Crippen LogP contribution >= 0.6 is 23.8 Å². The molecule has 3 aromatic rings. The highest BCUT2D eigenvalue weighted by Gasteiger charge is 2.15. The highest BCUT2D eigenvalue weighted by molar-refractivity contribution is 7.92. The maximum atomic E-state index is 12.6. The normalized spacial score (nSPS) is 10.9. The van der Waals surface area contributed by atoms with E-state index in [1.807, 2.05) is 19.9 Å². The highest BCUT2D eigenvalue weighted by Crippen LogP contribution is 2.20. The number of nitrogens with one attached hydrogen (secondary N) is 3. The molecule has 0 bridgehead atoms. The fraction of sp³-hybridized carbons (Fsp3) is 0.0909. The lowest BCUT2D eigenvalue weighted by molar-refractivity contribution is 0.0977. The van der Waals surface area contributed by atoms with Crippen LogP contribution in [0.3, 0.4) is 0 Å². The smallest absolute Gasteiger partial charge is 0.261 e. The molecule has 0 spiro atoms. The standard InChI is InChI=1S/C22H20ClN3O3S2/c1-14-3-8-19(13-15(14)2)26-31(28,29)20-11-9-18(10-12-20)24-22(30)25-21(27)16-4-6-17(23)7-5-16/h3-13,26H,1-2H3,(H2,24,25,27,30). The molecular formula is C22H20ClN3O3S2. The van der Waals surface area contributed by atoms with Crippen molar-refractivity contribution in [1.29, 1.82) is 0 Å². The van der Waals surface area contributed by atoms with Crippen molar-refractivity contribution in [2.45, 2.75) is 18.7 Å². The van der Waals surface area contributed by atoms with E-state index in [1.54, 1.807) is 48.5 Å². The molecule has 160 valence electrons. The third-order valence-electron chi connectivity index (χ3n) is 4.52. The van der Waals surface area contributed by atoms with Gasteiger partial charge in [0.2, 0.25) is 0 Å². The SMILES string of the molecule is Cc1ccc(NS(=O)(=O)c2ccc(NC(=S)NC(=O)c3ccc(Cl)cc3)cc2)cc1C. The van der Waals surface area contributed by atoms with Crippen molar-refractivity contribution in [2.24, 2.45) is 0 Å². The van der Waals surface area contributed by atoms with Crippen molar-refractivity contribution < 1.29 is 13.2 Å². The van der Waals surface area contributed by atoms with Gasteiger partial charge in [0, 0.05) is 22.0 Å². The van der Waals surface area contributed by atoms with Crippen molar-refractivity contribution in [3.8, 4) is 0 Å². The topological polar surface area (TPSA) is 87.3 Å². The number of hydrogen-bond acceptors (Lipinski definition) is 4. The molecule has 0 fully saturated rings. The summed E-state index contributed by atoms with van der Waals surface area (Å²) in [5.74, 6) is -0.383. The molecule has 0 saturated carbocycles. The van der Waals surface area contributed by atoms with Gasteiger partial charge in [-0.25, -0.2) is 8.42 Å². The molecule has 0 radical (unpaired) electrons. The van der Waals surface area contributed by atoms with Gasteiger partial charge in [-0.15, -0.1) is 0 Å². The molecule has 0 unspecified atom stereocenters. The van der Waals surface area contributed by atoms with Gasteiger partial charge >= 0.3 is 0 Å². The lowest BCUT2D eigenvalue weighted by Gasteiger charge is -2.12. The number of sulfonamides is 1. The molecule has 0 aliphatic heterocycles. The minimum absolute atomic E-state index is 0.0869. The fourth-order valence-corrected chi connectivity index (χ4v) is 4.06. The number of hydrogen-bond donors (Lipinski definition) is 3. The van der Waals surface area contributed by atoms with Crippen LogP contribution in [0.5, 0.6) is 0 Å². The first-order chi connectivity index (χ1) is 14.6. The van der Waals surface area contributed by atoms with Crippen LogP contribution in [0, 0.1) is 13.8 Å². The Balaban J connectivity index is 1.63. The van der Waals surface area contributed by atoms with E-state index >= 15 is 0 Å². The summed E-state index contributed by atoms with van der Waals surface area (Å²) in [6.07, 6.45) is 0. The zero-order valence-electron chi connectivity index (χ0n) is 16.8. The molecule has 3 N–H and O–H groups in total. The summed E-state index contributed by atoms with van der Waals surface area (Å²) in [6, 6.07) is 17.8. The molecule has 31 heavy (non-hydrogen) atoms. The summed E-state index contributed by atoms with van der Waals surface area (Å²) >= 11 is 11.0. The van der Waals surface area contributed by atoms with E-state index in [-0.39, 0.29) is 15.9 Å². The second-order valence-electron chi connectivity index (χ2n) is 6.84. The zero-order valence-corrected chi connectivity index (χ0v) is 19.2. The van der Waals surface area contributed by atoms with Gasteiger partial charge in [-0.3, -0.25) is 14.8 Å². The first-order valence-electron chi connectivity index (χ1n) is 9.22. The van der Waals surface area contributed by atoms with Crippen LogP contribution < -0.4 is 15.4 Å². The van der Waals surface area contributed by atoms with Gasteiger partial charge in [0.25, 0.3) is 15.9 Å². The van der Waals surface area contributed by atoms with Crippen LogP contribution in [0.15, 0.2) is 71.6 Å². The van der Waals surface area contributed by atoms with Crippen molar-refractivity contribution in [2.75, 3.05) is 10.0 Å². The molecule has 1 amide bonds. The molecule has 3 aromatic carbocycles. The Morgan fingerprint density at radius 2 is 1.48 bits per heavy atom. The lowest BCUT2D eigenvalue weighted by Crippen LogP contribution is -2.34. The summed E-state index contributed by atoms with van der Waals surface area (Å²) < 4.78 is 27.8. The van der Waals surface area contributed by atoms with E-state index in [2.05, 4.69) is 15.4 Å². The number of rotatable bonds is 5. The number of aryl methyl sites for hydroxylation is 2. The third kappa shape index (κ3) is 6.04. The number of carbonyl (C=O) groups is 1. The monoisotopic (exact) mass is 473 g/mol. The number of thiocarbonyl (C=S) groups is 1. The average Bonchev–Trinajstić information content (AvgIpc) is 2.71. The van der Waals surface area contributed by atoms with Gasteiger partial charge in [0.1, 0.15) is 0 Å². The van der Waals surface area contributed by atoms with E-state index in [0.717, 1.165) is 11.1 Å². The first kappa shape index (κ1) is 22.7. The molecule has 0 atom stereocenters. The Morgan fingerprint density at radius 3 is 2.10 bits per heavy atom. The molecular weight excluding hydrogens is 454 g/mol. The van der Waals surface area contributed by atoms with Crippen LogP contribution in [-0.4, -0.2) is 19.4 Å². The quantitative estimate of drug-likeness (QED) is 0.459. The summed E-state index contributed by atoms with van der Waals surface area (Å²) in [7, 11) is -3.74. The first-order valence-corrected chi connectivity index (χ1v) is 11.5. The summed E-state index contributed by atoms with van der Waals surface area (Å²) in [5.41, 5.74) is 3.52. The lowest BCUT2D eigenvalue weighted by atomic mass is 10.1. The second-order valence-corrected chi connectivity index (χ2v) is 9.37. The van der Waals surface area contributed by atoms with Crippen molar-refractivity contribution in [1.82, 2.24) is 5.32 Å². The Kier molecular flexibility index (Phi) is 6.94. The maximum absolute atomic E-state index is 12.6. The molecule has 0 aliphatic rings. The van der Waals surface area contributed by atoms with E-state index in [9.17, 15) is 13.2 Å². The van der Waals surface area contributed by atoms with Crippen LogP contribution in [0.2, 0.25) is 5.02 Å². The van der Waals surface area contributed by atoms with E-state index in [4.69, 9.17) is 23.8 Å². The van der Waals surface area contributed by atoms with Gasteiger partial charge in [0.05, 0.1) is 4.90 Å². The Hall–Kier alpha value is -2.94. The predicted molar refractivity (Wildman–Crippen MR) is 128 cm³/mol. The number of carbonyl (C=O) groups excluding carboxylic acids is 1. The number of benzene rings is 3. The number of anilines is 2. The van der Waals surface area contributed by atoms with Gasteiger partial charge in [-0.2, -0.15) is 0 Å². The predicted octanol–water partition coefficient (Wildman–Crippen LogP) is 4.88. The van der Waals surface area contributed by atoms with E-state index in [1.165, 1.54) is 12.1 Å². The molecule has 0 aromatic heterocycles. The zero-order chi connectivity index (χ0) is 22.6. The summed E-state index contributed by atoms with van der Waals surface area (Å²) in [4.78, 5) is 12.3. The number of amides is 1. The summed E-state index contributed by atoms with van der Waals surface area (Å²) in [6.45, 7) is 3.88. The Morgan fingerprint density at radius 1 is 0.871 bits per heavy atom. The second kappa shape index (κ2) is 9.47. The van der Waals surface area contributed by atoms with Crippen LogP contribution in [-0.2, 0) is 10.0 Å². The number of halogens is 1. The van der Waals surface area contributed by atoms with Crippen LogP contribution in [0.1, 0.15) is 21.5 Å². The van der Waals surface area contributed by atoms with Crippen LogP contribution in [0.4, 0.5) is 11.4 Å². The van der Waals surface area contributed by atoms with Crippen molar-refractivity contribution >= 4 is 56.2 Å². The Labute approximate surface area is 191 Å². The fourth-order valence-electron chi connectivity index (χ4n) is 2.68. The highest BCUT2D eigenvalue weighted by atomic mass is 35.5. The van der Waals surface area contributed by atoms with Crippen molar-refractivity contribution in [3.05, 3.63) is 88.4 Å².